The van der Waals surface area contributed by atoms with Gasteiger partial charge in [0.1, 0.15) is 13.2 Å². The highest BCUT2D eigenvalue weighted by atomic mass is 16.6. The maximum atomic E-state index is 12.8. The molecule has 6 nitrogen and oxygen atoms in total. The summed E-state index contributed by atoms with van der Waals surface area (Å²) in [5, 5.41) is 0. The van der Waals surface area contributed by atoms with Gasteiger partial charge in [-0.25, -0.2) is 0 Å². The maximum absolute atomic E-state index is 12.8. The zero-order chi connectivity index (χ0) is 45.8. The zero-order valence-electron chi connectivity index (χ0n) is 42.6. The van der Waals surface area contributed by atoms with Gasteiger partial charge >= 0.3 is 17.9 Å². The van der Waals surface area contributed by atoms with Crippen LogP contribution in [-0.2, 0) is 28.6 Å². The fraction of sp³-hybridized carbons (Fsp3) is 0.912. The molecule has 6 heteroatoms. The highest BCUT2D eigenvalue weighted by Gasteiger charge is 2.19. The summed E-state index contributed by atoms with van der Waals surface area (Å²) in [6, 6.07) is 0. The van der Waals surface area contributed by atoms with E-state index in [9.17, 15) is 14.4 Å². The van der Waals surface area contributed by atoms with Gasteiger partial charge in [-0.2, -0.15) is 0 Å². The van der Waals surface area contributed by atoms with E-state index in [0.29, 0.717) is 19.3 Å². The second kappa shape index (κ2) is 52.8. The summed E-state index contributed by atoms with van der Waals surface area (Å²) in [6.45, 7) is 6.63. The van der Waals surface area contributed by atoms with E-state index in [0.717, 1.165) is 64.2 Å². The molecule has 1 unspecified atom stereocenters. The predicted molar refractivity (Wildman–Crippen MR) is 270 cm³/mol. The maximum Gasteiger partial charge on any atom is 0.306 e. The van der Waals surface area contributed by atoms with Crippen molar-refractivity contribution in [1.29, 1.82) is 0 Å². The lowest BCUT2D eigenvalue weighted by atomic mass is 10.0. The fourth-order valence-corrected chi connectivity index (χ4v) is 8.49. The number of esters is 3. The molecule has 0 fully saturated rings. The van der Waals surface area contributed by atoms with E-state index in [1.165, 1.54) is 212 Å². The molecule has 0 heterocycles. The third kappa shape index (κ3) is 51.0. The zero-order valence-corrected chi connectivity index (χ0v) is 42.6. The van der Waals surface area contributed by atoms with Crippen molar-refractivity contribution in [1.82, 2.24) is 0 Å². The average Bonchev–Trinajstić information content (AvgIpc) is 3.28. The monoisotopic (exact) mass is 889 g/mol. The molecule has 0 N–H and O–H groups in total. The number of unbranched alkanes of at least 4 members (excludes halogenated alkanes) is 39. The van der Waals surface area contributed by atoms with Crippen molar-refractivity contribution >= 4 is 17.9 Å². The molecule has 0 spiro atoms. The number of hydrogen-bond acceptors (Lipinski definition) is 6. The molecule has 0 aliphatic carbocycles. The number of allylic oxidation sites excluding steroid dienone is 2. The molecule has 0 radical (unpaired) electrons. The van der Waals surface area contributed by atoms with E-state index in [1.807, 2.05) is 0 Å². The van der Waals surface area contributed by atoms with Crippen LogP contribution >= 0.6 is 0 Å². The first-order chi connectivity index (χ1) is 31.0. The van der Waals surface area contributed by atoms with Gasteiger partial charge in [0, 0.05) is 19.3 Å². The van der Waals surface area contributed by atoms with Gasteiger partial charge in [0.25, 0.3) is 0 Å². The molecule has 0 saturated heterocycles. The molecule has 1 atom stereocenters. The normalized spacial score (nSPS) is 12.0. The van der Waals surface area contributed by atoms with Gasteiger partial charge in [-0.05, 0) is 38.5 Å². The van der Waals surface area contributed by atoms with Crippen LogP contribution in [-0.4, -0.2) is 37.2 Å². The van der Waals surface area contributed by atoms with Crippen LogP contribution in [0.1, 0.15) is 316 Å². The first-order valence-corrected chi connectivity index (χ1v) is 28.2. The Bertz CT molecular complexity index is 978. The summed E-state index contributed by atoms with van der Waals surface area (Å²) in [5.74, 6) is -0.860. The summed E-state index contributed by atoms with van der Waals surface area (Å²) in [5.41, 5.74) is 0. The van der Waals surface area contributed by atoms with Gasteiger partial charge < -0.3 is 14.2 Å². The fourth-order valence-electron chi connectivity index (χ4n) is 8.49. The third-order valence-corrected chi connectivity index (χ3v) is 12.8. The Morgan fingerprint density at radius 3 is 0.841 bits per heavy atom. The molecular weight excluding hydrogens is 781 g/mol. The highest BCUT2D eigenvalue weighted by Crippen LogP contribution is 2.17. The van der Waals surface area contributed by atoms with Crippen LogP contribution in [0, 0.1) is 0 Å². The molecule has 0 rings (SSSR count). The minimum atomic E-state index is -0.767. The molecule has 0 aromatic rings. The lowest BCUT2D eigenvalue weighted by Gasteiger charge is -2.18. The summed E-state index contributed by atoms with van der Waals surface area (Å²) in [4.78, 5) is 37.9. The van der Waals surface area contributed by atoms with Gasteiger partial charge in [-0.15, -0.1) is 0 Å². The van der Waals surface area contributed by atoms with Crippen LogP contribution in [0.2, 0.25) is 0 Å². The van der Waals surface area contributed by atoms with Crippen molar-refractivity contribution in [2.24, 2.45) is 0 Å². The molecule has 0 aliphatic rings. The van der Waals surface area contributed by atoms with E-state index in [2.05, 4.69) is 32.9 Å². The number of carbonyl (C=O) groups excluding carboxylic acids is 3. The second-order valence-corrected chi connectivity index (χ2v) is 19.2. The summed E-state index contributed by atoms with van der Waals surface area (Å²) in [6.07, 6.45) is 59.3. The van der Waals surface area contributed by atoms with Gasteiger partial charge in [-0.1, -0.05) is 270 Å². The molecule has 372 valence electrons. The first-order valence-electron chi connectivity index (χ1n) is 28.2. The van der Waals surface area contributed by atoms with Crippen LogP contribution in [0.3, 0.4) is 0 Å². The molecule has 0 aromatic heterocycles. The summed E-state index contributed by atoms with van der Waals surface area (Å²) >= 11 is 0. The van der Waals surface area contributed by atoms with Gasteiger partial charge in [0.15, 0.2) is 6.10 Å². The summed E-state index contributed by atoms with van der Waals surface area (Å²) < 4.78 is 16.8. The molecule has 0 aromatic carbocycles. The molecule has 0 saturated carbocycles. The van der Waals surface area contributed by atoms with Crippen molar-refractivity contribution < 1.29 is 28.6 Å². The van der Waals surface area contributed by atoms with Crippen LogP contribution < -0.4 is 0 Å². The smallest absolute Gasteiger partial charge is 0.306 e. The highest BCUT2D eigenvalue weighted by molar-refractivity contribution is 5.71. The minimum Gasteiger partial charge on any atom is -0.462 e. The number of ether oxygens (including phenoxy) is 3. The minimum absolute atomic E-state index is 0.0680. The Morgan fingerprint density at radius 2 is 0.540 bits per heavy atom. The number of hydrogen-bond donors (Lipinski definition) is 0. The Hall–Kier alpha value is -1.85. The number of rotatable bonds is 52. The predicted octanol–water partition coefficient (Wildman–Crippen LogP) is 18.5. The largest absolute Gasteiger partial charge is 0.462 e. The lowest BCUT2D eigenvalue weighted by molar-refractivity contribution is -0.167. The molecule has 0 bridgehead atoms. The second-order valence-electron chi connectivity index (χ2n) is 19.2. The number of carbonyl (C=O) groups is 3. The summed E-state index contributed by atoms with van der Waals surface area (Å²) in [7, 11) is 0. The topological polar surface area (TPSA) is 78.9 Å². The van der Waals surface area contributed by atoms with Crippen molar-refractivity contribution in [3.05, 3.63) is 12.2 Å². The van der Waals surface area contributed by atoms with Crippen molar-refractivity contribution in [2.45, 2.75) is 322 Å². The van der Waals surface area contributed by atoms with Crippen molar-refractivity contribution in [3.63, 3.8) is 0 Å². The molecular formula is C57H108O6. The van der Waals surface area contributed by atoms with Crippen LogP contribution in [0.15, 0.2) is 12.2 Å². The van der Waals surface area contributed by atoms with Crippen LogP contribution in [0.25, 0.3) is 0 Å². The van der Waals surface area contributed by atoms with Crippen molar-refractivity contribution in [3.8, 4) is 0 Å². The van der Waals surface area contributed by atoms with Gasteiger partial charge in [0.05, 0.1) is 0 Å². The van der Waals surface area contributed by atoms with E-state index in [4.69, 9.17) is 14.2 Å². The van der Waals surface area contributed by atoms with E-state index in [1.54, 1.807) is 0 Å². The van der Waals surface area contributed by atoms with E-state index >= 15 is 0 Å². The van der Waals surface area contributed by atoms with E-state index < -0.39 is 6.10 Å². The molecule has 63 heavy (non-hydrogen) atoms. The Balaban J connectivity index is 4.15. The standard InChI is InChI=1S/C57H108O6/c1-4-7-10-13-16-19-22-23-24-25-26-27-28-29-30-31-32-33-36-38-41-44-47-50-56(59)62-53-54(63-57(60)51-48-45-42-39-35-21-18-15-12-9-6-3)52-61-55(58)49-46-43-40-37-34-20-17-14-11-8-5-2/h15,18,54H,4-14,16-17,19-53H2,1-3H3/b18-15-. The quantitative estimate of drug-likeness (QED) is 0.0262. The van der Waals surface area contributed by atoms with Gasteiger partial charge in [0.2, 0.25) is 0 Å². The Kier molecular flexibility index (Phi) is 51.2. The van der Waals surface area contributed by atoms with E-state index in [-0.39, 0.29) is 31.1 Å². The SMILES string of the molecule is CCCC/C=C\CCCCCCCC(=O)OC(COC(=O)CCCCCCCCCCCCC)COC(=O)CCCCCCCCCCCCCCCCCCCCCCCCC. The van der Waals surface area contributed by atoms with Crippen molar-refractivity contribution in [2.75, 3.05) is 13.2 Å². The van der Waals surface area contributed by atoms with Crippen LogP contribution in [0.5, 0.6) is 0 Å². The molecule has 0 aliphatic heterocycles. The first kappa shape index (κ1) is 61.1. The Labute approximate surface area is 392 Å². The third-order valence-electron chi connectivity index (χ3n) is 12.8. The molecule has 0 amide bonds. The lowest BCUT2D eigenvalue weighted by Crippen LogP contribution is -2.30. The Morgan fingerprint density at radius 1 is 0.302 bits per heavy atom. The van der Waals surface area contributed by atoms with Gasteiger partial charge in [-0.3, -0.25) is 14.4 Å². The average molecular weight is 889 g/mol. The van der Waals surface area contributed by atoms with Crippen LogP contribution in [0.4, 0.5) is 0 Å².